The Balaban J connectivity index is 0.00000400. The summed E-state index contributed by atoms with van der Waals surface area (Å²) in [5, 5.41) is 3.27. The largest absolute Gasteiger partial charge is 0.450 e. The third kappa shape index (κ3) is 7.16. The number of halogens is 1. The molecular weight excluding hydrogens is 387 g/mol. The van der Waals surface area contributed by atoms with Gasteiger partial charge < -0.3 is 24.6 Å². The number of nitrogens with one attached hydrogen (secondary N) is 1. The van der Waals surface area contributed by atoms with Crippen molar-refractivity contribution in [3.05, 3.63) is 0 Å². The first-order chi connectivity index (χ1) is 9.72. The minimum Gasteiger partial charge on any atom is -0.450 e. The summed E-state index contributed by atoms with van der Waals surface area (Å²) < 4.78 is 10.0. The number of aliphatic imine (C=N–C) groups is 1. The molecule has 1 N–H and O–H groups in total. The normalized spacial score (nSPS) is 15.5. The van der Waals surface area contributed by atoms with Crippen molar-refractivity contribution in [1.82, 2.24) is 15.1 Å². The summed E-state index contributed by atoms with van der Waals surface area (Å²) in [5.74, 6) is 0.882. The molecule has 1 aliphatic heterocycles. The number of nitrogens with zero attached hydrogens (tertiary/aromatic N) is 3. The molecule has 1 heterocycles. The Morgan fingerprint density at radius 3 is 2.33 bits per heavy atom. The number of guanidine groups is 1. The standard InChI is InChI=1S/C13H26N4O3.HI/c1-4-14-12(15-6-11-19-3)16-7-9-17(10-8-16)13(18)20-5-2;/h4-11H2,1-3H3,(H,14,15);1H. The highest BCUT2D eigenvalue weighted by atomic mass is 127. The van der Waals surface area contributed by atoms with Gasteiger partial charge in [0, 0.05) is 39.8 Å². The minimum atomic E-state index is -0.228. The quantitative estimate of drug-likeness (QED) is 0.315. The summed E-state index contributed by atoms with van der Waals surface area (Å²) in [4.78, 5) is 20.0. The van der Waals surface area contributed by atoms with Gasteiger partial charge in [-0.25, -0.2) is 4.79 Å². The van der Waals surface area contributed by atoms with Crippen molar-refractivity contribution < 1.29 is 14.3 Å². The molecule has 0 atom stereocenters. The number of hydrogen-bond donors (Lipinski definition) is 1. The molecule has 0 aliphatic carbocycles. The zero-order chi connectivity index (χ0) is 14.8. The van der Waals surface area contributed by atoms with E-state index in [1.54, 1.807) is 12.0 Å². The lowest BCUT2D eigenvalue weighted by molar-refractivity contribution is 0.0914. The maximum absolute atomic E-state index is 11.6. The SMILES string of the molecule is CCNC(=NCCOC)N1CCN(C(=O)OCC)CC1.I. The zero-order valence-electron chi connectivity index (χ0n) is 13.1. The fourth-order valence-electron chi connectivity index (χ4n) is 1.98. The Morgan fingerprint density at radius 1 is 1.19 bits per heavy atom. The number of carbonyl (C=O) groups is 1. The highest BCUT2D eigenvalue weighted by Gasteiger charge is 2.23. The van der Waals surface area contributed by atoms with E-state index in [0.717, 1.165) is 25.6 Å². The molecule has 0 aromatic heterocycles. The van der Waals surface area contributed by atoms with Crippen LogP contribution in [0.5, 0.6) is 0 Å². The third-order valence-corrected chi connectivity index (χ3v) is 3.00. The summed E-state index contributed by atoms with van der Waals surface area (Å²) in [7, 11) is 1.67. The summed E-state index contributed by atoms with van der Waals surface area (Å²) in [5.41, 5.74) is 0. The van der Waals surface area contributed by atoms with E-state index in [9.17, 15) is 4.79 Å². The zero-order valence-corrected chi connectivity index (χ0v) is 15.5. The van der Waals surface area contributed by atoms with Gasteiger partial charge in [-0.15, -0.1) is 24.0 Å². The molecule has 1 fully saturated rings. The van der Waals surface area contributed by atoms with E-state index in [1.807, 2.05) is 13.8 Å². The van der Waals surface area contributed by atoms with Gasteiger partial charge in [0.15, 0.2) is 5.96 Å². The summed E-state index contributed by atoms with van der Waals surface area (Å²) in [6.45, 7) is 9.19. The van der Waals surface area contributed by atoms with Crippen molar-refractivity contribution in [2.24, 2.45) is 4.99 Å². The summed E-state index contributed by atoms with van der Waals surface area (Å²) >= 11 is 0. The van der Waals surface area contributed by atoms with Crippen LogP contribution in [-0.4, -0.2) is 81.4 Å². The highest BCUT2D eigenvalue weighted by molar-refractivity contribution is 14.0. The van der Waals surface area contributed by atoms with Crippen molar-refractivity contribution in [1.29, 1.82) is 0 Å². The fraction of sp³-hybridized carbons (Fsp3) is 0.846. The van der Waals surface area contributed by atoms with E-state index in [0.29, 0.717) is 32.8 Å². The van der Waals surface area contributed by atoms with E-state index in [2.05, 4.69) is 15.2 Å². The molecule has 21 heavy (non-hydrogen) atoms. The average Bonchev–Trinajstić information content (AvgIpc) is 2.47. The molecule has 8 heteroatoms. The maximum Gasteiger partial charge on any atom is 0.409 e. The lowest BCUT2D eigenvalue weighted by atomic mass is 10.3. The van der Waals surface area contributed by atoms with Gasteiger partial charge in [-0.05, 0) is 13.8 Å². The minimum absolute atomic E-state index is 0. The summed E-state index contributed by atoms with van der Waals surface area (Å²) in [6.07, 6.45) is -0.228. The number of carbonyl (C=O) groups excluding carboxylic acids is 1. The smallest absolute Gasteiger partial charge is 0.409 e. The number of amides is 1. The van der Waals surface area contributed by atoms with Crippen LogP contribution < -0.4 is 5.32 Å². The lowest BCUT2D eigenvalue weighted by Crippen LogP contribution is -2.54. The molecule has 1 saturated heterocycles. The first kappa shape index (κ1) is 20.2. The fourth-order valence-corrected chi connectivity index (χ4v) is 1.98. The molecule has 0 saturated carbocycles. The van der Waals surface area contributed by atoms with E-state index < -0.39 is 0 Å². The molecule has 0 unspecified atom stereocenters. The summed E-state index contributed by atoms with van der Waals surface area (Å²) in [6, 6.07) is 0. The van der Waals surface area contributed by atoms with E-state index in [-0.39, 0.29) is 30.1 Å². The van der Waals surface area contributed by atoms with Crippen molar-refractivity contribution >= 4 is 36.0 Å². The Hall–Kier alpha value is -0.770. The van der Waals surface area contributed by atoms with Crippen molar-refractivity contribution in [3.63, 3.8) is 0 Å². The second kappa shape index (κ2) is 11.8. The van der Waals surface area contributed by atoms with Crippen molar-refractivity contribution in [3.8, 4) is 0 Å². The van der Waals surface area contributed by atoms with Gasteiger partial charge in [-0.1, -0.05) is 0 Å². The Labute approximate surface area is 144 Å². The van der Waals surface area contributed by atoms with Gasteiger partial charge in [0.1, 0.15) is 0 Å². The van der Waals surface area contributed by atoms with Gasteiger partial charge in [0.2, 0.25) is 0 Å². The number of methoxy groups -OCH3 is 1. The molecule has 7 nitrogen and oxygen atoms in total. The van der Waals surface area contributed by atoms with Crippen LogP contribution >= 0.6 is 24.0 Å². The molecular formula is C13H27IN4O3. The van der Waals surface area contributed by atoms with Crippen LogP contribution in [0, 0.1) is 0 Å². The Bertz CT molecular complexity index is 321. The van der Waals surface area contributed by atoms with Gasteiger partial charge in [0.05, 0.1) is 19.8 Å². The molecule has 0 spiro atoms. The Kier molecular flexibility index (Phi) is 11.4. The van der Waals surface area contributed by atoms with Crippen LogP contribution in [-0.2, 0) is 9.47 Å². The highest BCUT2D eigenvalue weighted by Crippen LogP contribution is 2.04. The maximum atomic E-state index is 11.6. The third-order valence-electron chi connectivity index (χ3n) is 3.00. The van der Waals surface area contributed by atoms with Crippen molar-refractivity contribution in [2.75, 3.05) is 59.6 Å². The lowest BCUT2D eigenvalue weighted by Gasteiger charge is -2.35. The Morgan fingerprint density at radius 2 is 1.81 bits per heavy atom. The second-order valence-corrected chi connectivity index (χ2v) is 4.40. The predicted octanol–water partition coefficient (Wildman–Crippen LogP) is 0.990. The number of ether oxygens (including phenoxy) is 2. The van der Waals surface area contributed by atoms with E-state index in [1.165, 1.54) is 0 Å². The first-order valence-electron chi connectivity index (χ1n) is 7.16. The van der Waals surface area contributed by atoms with Crippen LogP contribution in [0.2, 0.25) is 0 Å². The van der Waals surface area contributed by atoms with Crippen LogP contribution in [0.4, 0.5) is 4.79 Å². The van der Waals surface area contributed by atoms with Crippen LogP contribution in [0.3, 0.4) is 0 Å². The molecule has 0 bridgehead atoms. The van der Waals surface area contributed by atoms with Gasteiger partial charge in [0.25, 0.3) is 0 Å². The predicted molar refractivity (Wildman–Crippen MR) is 93.4 cm³/mol. The molecule has 1 aliphatic rings. The molecule has 0 aromatic carbocycles. The van der Waals surface area contributed by atoms with Crippen LogP contribution in [0.15, 0.2) is 4.99 Å². The van der Waals surface area contributed by atoms with Crippen LogP contribution in [0.25, 0.3) is 0 Å². The molecule has 0 aromatic rings. The van der Waals surface area contributed by atoms with Gasteiger partial charge in [-0.2, -0.15) is 0 Å². The van der Waals surface area contributed by atoms with Crippen LogP contribution in [0.1, 0.15) is 13.8 Å². The second-order valence-electron chi connectivity index (χ2n) is 4.40. The molecule has 124 valence electrons. The molecule has 1 rings (SSSR count). The average molecular weight is 414 g/mol. The molecule has 0 radical (unpaired) electrons. The first-order valence-corrected chi connectivity index (χ1v) is 7.16. The van der Waals surface area contributed by atoms with E-state index >= 15 is 0 Å². The van der Waals surface area contributed by atoms with Crippen molar-refractivity contribution in [2.45, 2.75) is 13.8 Å². The van der Waals surface area contributed by atoms with Gasteiger partial charge in [-0.3, -0.25) is 4.99 Å². The van der Waals surface area contributed by atoms with Gasteiger partial charge >= 0.3 is 6.09 Å². The number of hydrogen-bond acceptors (Lipinski definition) is 4. The monoisotopic (exact) mass is 414 g/mol. The number of piperazine rings is 1. The topological polar surface area (TPSA) is 66.4 Å². The number of rotatable bonds is 5. The molecule has 1 amide bonds. The van der Waals surface area contributed by atoms with E-state index in [4.69, 9.17) is 9.47 Å².